The molecule has 5 nitrogen and oxygen atoms in total. The number of nitrogens with two attached hydrogens (primary N) is 1. The van der Waals surface area contributed by atoms with Crippen molar-refractivity contribution in [3.8, 4) is 11.5 Å². The molecule has 0 spiro atoms. The zero-order chi connectivity index (χ0) is 13.9. The molecule has 3 rings (SSSR count). The average Bonchev–Trinajstić information content (AvgIpc) is 3.07. The van der Waals surface area contributed by atoms with Crippen molar-refractivity contribution in [1.82, 2.24) is 15.0 Å². The summed E-state index contributed by atoms with van der Waals surface area (Å²) in [5.74, 6) is 0.706. The molecular weight excluding hydrogens is 276 g/mol. The Labute approximate surface area is 121 Å². The van der Waals surface area contributed by atoms with Gasteiger partial charge in [-0.3, -0.25) is 0 Å². The van der Waals surface area contributed by atoms with Crippen LogP contribution in [0.1, 0.15) is 11.3 Å². The highest BCUT2D eigenvalue weighted by Crippen LogP contribution is 2.23. The summed E-state index contributed by atoms with van der Waals surface area (Å²) in [7, 11) is 0. The maximum atomic E-state index is 6.00. The molecular formula is C14H13ClN4O. The van der Waals surface area contributed by atoms with E-state index >= 15 is 0 Å². The van der Waals surface area contributed by atoms with E-state index in [-0.39, 0.29) is 0 Å². The van der Waals surface area contributed by atoms with Crippen molar-refractivity contribution in [2.24, 2.45) is 5.73 Å². The van der Waals surface area contributed by atoms with Gasteiger partial charge in [-0.15, -0.1) is 5.10 Å². The van der Waals surface area contributed by atoms with Crippen LogP contribution in [0.2, 0.25) is 5.02 Å². The second-order valence-electron chi connectivity index (χ2n) is 4.35. The van der Waals surface area contributed by atoms with Gasteiger partial charge in [-0.2, -0.15) is 0 Å². The molecule has 20 heavy (non-hydrogen) atoms. The molecule has 0 radical (unpaired) electrons. The molecule has 2 heterocycles. The summed E-state index contributed by atoms with van der Waals surface area (Å²) in [6.45, 7) is 0.870. The van der Waals surface area contributed by atoms with E-state index in [9.17, 15) is 0 Å². The Morgan fingerprint density at radius 1 is 1.25 bits per heavy atom. The van der Waals surface area contributed by atoms with Crippen molar-refractivity contribution in [3.63, 3.8) is 0 Å². The molecule has 0 aliphatic rings. The van der Waals surface area contributed by atoms with Gasteiger partial charge in [0.2, 0.25) is 0 Å². The molecule has 0 unspecified atom stereocenters. The highest BCUT2D eigenvalue weighted by Gasteiger charge is 2.16. The third-order valence-electron chi connectivity index (χ3n) is 2.97. The van der Waals surface area contributed by atoms with Gasteiger partial charge in [-0.25, -0.2) is 4.68 Å². The first kappa shape index (κ1) is 12.9. The topological polar surface area (TPSA) is 69.9 Å². The van der Waals surface area contributed by atoms with Gasteiger partial charge in [0.15, 0.2) is 5.76 Å². The lowest BCUT2D eigenvalue weighted by Gasteiger charge is -2.06. The third kappa shape index (κ3) is 2.45. The standard InChI is InChI=1S/C14H13ClN4O/c15-11-4-1-3-10(7-11)9-19-14(12(8-16)17-18-19)13-5-2-6-20-13/h1-7H,8-9,16H2. The number of nitrogens with zero attached hydrogens (tertiary/aromatic N) is 3. The number of halogens is 1. The molecule has 0 atom stereocenters. The number of hydrogen-bond donors (Lipinski definition) is 1. The van der Waals surface area contributed by atoms with Gasteiger partial charge in [0.25, 0.3) is 0 Å². The molecule has 0 fully saturated rings. The fourth-order valence-electron chi connectivity index (χ4n) is 2.09. The number of hydrogen-bond acceptors (Lipinski definition) is 4. The van der Waals surface area contributed by atoms with Crippen LogP contribution >= 0.6 is 11.6 Å². The lowest BCUT2D eigenvalue weighted by molar-refractivity contribution is 0.566. The van der Waals surface area contributed by atoms with Crippen LogP contribution in [0, 0.1) is 0 Å². The molecule has 6 heteroatoms. The first-order valence-electron chi connectivity index (χ1n) is 6.18. The number of benzene rings is 1. The van der Waals surface area contributed by atoms with Crippen molar-refractivity contribution in [2.45, 2.75) is 13.1 Å². The summed E-state index contributed by atoms with van der Waals surface area (Å²) in [5.41, 5.74) is 8.26. The third-order valence-corrected chi connectivity index (χ3v) is 3.21. The van der Waals surface area contributed by atoms with E-state index in [0.717, 1.165) is 11.3 Å². The van der Waals surface area contributed by atoms with E-state index in [0.29, 0.717) is 29.6 Å². The first-order valence-corrected chi connectivity index (χ1v) is 6.56. The van der Waals surface area contributed by atoms with Crippen molar-refractivity contribution >= 4 is 11.6 Å². The van der Waals surface area contributed by atoms with Gasteiger partial charge in [0, 0.05) is 11.6 Å². The minimum atomic E-state index is 0.311. The Morgan fingerprint density at radius 3 is 2.85 bits per heavy atom. The van der Waals surface area contributed by atoms with E-state index in [1.165, 1.54) is 0 Å². The van der Waals surface area contributed by atoms with Crippen molar-refractivity contribution in [2.75, 3.05) is 0 Å². The Morgan fingerprint density at radius 2 is 2.15 bits per heavy atom. The van der Waals surface area contributed by atoms with Crippen LogP contribution in [-0.2, 0) is 13.1 Å². The molecule has 0 aliphatic heterocycles. The lowest BCUT2D eigenvalue weighted by Crippen LogP contribution is -2.05. The Balaban J connectivity index is 2.00. The van der Waals surface area contributed by atoms with Gasteiger partial charge in [0.05, 0.1) is 12.8 Å². The van der Waals surface area contributed by atoms with Crippen LogP contribution in [0.4, 0.5) is 0 Å². The van der Waals surface area contributed by atoms with Crippen molar-refractivity contribution in [3.05, 3.63) is 58.9 Å². The first-order chi connectivity index (χ1) is 9.78. The van der Waals surface area contributed by atoms with E-state index in [1.54, 1.807) is 10.9 Å². The predicted molar refractivity (Wildman–Crippen MR) is 76.2 cm³/mol. The Bertz CT molecular complexity index is 706. The van der Waals surface area contributed by atoms with Crippen LogP contribution in [0.3, 0.4) is 0 Å². The highest BCUT2D eigenvalue weighted by atomic mass is 35.5. The van der Waals surface area contributed by atoms with Crippen molar-refractivity contribution in [1.29, 1.82) is 0 Å². The summed E-state index contributed by atoms with van der Waals surface area (Å²) < 4.78 is 7.21. The fraction of sp³-hybridized carbons (Fsp3) is 0.143. The largest absolute Gasteiger partial charge is 0.463 e. The van der Waals surface area contributed by atoms with Crippen LogP contribution < -0.4 is 5.73 Å². The smallest absolute Gasteiger partial charge is 0.153 e. The van der Waals surface area contributed by atoms with Gasteiger partial charge >= 0.3 is 0 Å². The predicted octanol–water partition coefficient (Wildman–Crippen LogP) is 2.70. The van der Waals surface area contributed by atoms with Gasteiger partial charge in [-0.05, 0) is 29.8 Å². The normalized spacial score (nSPS) is 10.9. The summed E-state index contributed by atoms with van der Waals surface area (Å²) in [5, 5.41) is 8.95. The quantitative estimate of drug-likeness (QED) is 0.801. The van der Waals surface area contributed by atoms with E-state index in [2.05, 4.69) is 10.3 Å². The SMILES string of the molecule is NCc1nnn(Cc2cccc(Cl)c2)c1-c1ccco1. The number of furan rings is 1. The van der Waals surface area contributed by atoms with Gasteiger partial charge in [-0.1, -0.05) is 28.9 Å². The molecule has 102 valence electrons. The lowest BCUT2D eigenvalue weighted by atomic mass is 10.2. The van der Waals surface area contributed by atoms with Gasteiger partial charge in [0.1, 0.15) is 11.4 Å². The molecule has 1 aromatic carbocycles. The fourth-order valence-corrected chi connectivity index (χ4v) is 2.30. The second-order valence-corrected chi connectivity index (χ2v) is 4.79. The maximum Gasteiger partial charge on any atom is 0.153 e. The minimum Gasteiger partial charge on any atom is -0.463 e. The summed E-state index contributed by atoms with van der Waals surface area (Å²) in [6, 6.07) is 11.3. The molecule has 0 aliphatic carbocycles. The average molecular weight is 289 g/mol. The Kier molecular flexibility index (Phi) is 3.54. The molecule has 3 aromatic rings. The molecule has 2 aromatic heterocycles. The van der Waals surface area contributed by atoms with Crippen molar-refractivity contribution < 1.29 is 4.42 Å². The van der Waals surface area contributed by atoms with Crippen LogP contribution in [0.25, 0.3) is 11.5 Å². The molecule has 0 bridgehead atoms. The van der Waals surface area contributed by atoms with E-state index < -0.39 is 0 Å². The molecule has 0 saturated heterocycles. The summed E-state index contributed by atoms with van der Waals surface area (Å²) in [6.07, 6.45) is 1.62. The van der Waals surface area contributed by atoms with E-state index in [1.807, 2.05) is 36.4 Å². The molecule has 2 N–H and O–H groups in total. The zero-order valence-corrected chi connectivity index (χ0v) is 11.4. The highest BCUT2D eigenvalue weighted by molar-refractivity contribution is 6.30. The molecule has 0 amide bonds. The van der Waals surface area contributed by atoms with Gasteiger partial charge < -0.3 is 10.2 Å². The monoisotopic (exact) mass is 288 g/mol. The Hall–Kier alpha value is -2.11. The van der Waals surface area contributed by atoms with E-state index in [4.69, 9.17) is 21.8 Å². The van der Waals surface area contributed by atoms with Crippen LogP contribution in [0.5, 0.6) is 0 Å². The number of aromatic nitrogens is 3. The molecule has 0 saturated carbocycles. The summed E-state index contributed by atoms with van der Waals surface area (Å²) >= 11 is 6.00. The van der Waals surface area contributed by atoms with Crippen LogP contribution in [-0.4, -0.2) is 15.0 Å². The number of rotatable bonds is 4. The zero-order valence-electron chi connectivity index (χ0n) is 10.7. The maximum absolute atomic E-state index is 6.00. The minimum absolute atomic E-state index is 0.311. The second kappa shape index (κ2) is 5.48. The van der Waals surface area contributed by atoms with Crippen LogP contribution in [0.15, 0.2) is 47.1 Å². The summed E-state index contributed by atoms with van der Waals surface area (Å²) in [4.78, 5) is 0.